The van der Waals surface area contributed by atoms with E-state index in [-0.39, 0.29) is 22.7 Å². The zero-order chi connectivity index (χ0) is 25.1. The standard InChI is InChI=1S/C26H31Br2N5O3/c27-21-4-2-1-3-20(21)15-30-5-7-31(8-6-30)23(34)14-25-10-18-9-19(11-25)13-26(12-18,17-25)32-16-22(28)24(29-32)33(35)36/h1-4,16,18-19H,5-15,17H2. The molecule has 8 nitrogen and oxygen atoms in total. The molecule has 0 radical (unpaired) electrons. The van der Waals surface area contributed by atoms with Crippen LogP contribution in [-0.4, -0.2) is 56.6 Å². The van der Waals surface area contributed by atoms with Crippen LogP contribution in [0.15, 0.2) is 39.4 Å². The van der Waals surface area contributed by atoms with Crippen LogP contribution in [0, 0.1) is 27.4 Å². The summed E-state index contributed by atoms with van der Waals surface area (Å²) in [6.45, 7) is 4.22. The average Bonchev–Trinajstić information content (AvgIpc) is 3.23. The maximum absolute atomic E-state index is 13.6. The van der Waals surface area contributed by atoms with E-state index in [0.717, 1.165) is 69.3 Å². The number of hydrogen-bond acceptors (Lipinski definition) is 5. The number of carbonyl (C=O) groups is 1. The summed E-state index contributed by atoms with van der Waals surface area (Å²) in [5, 5.41) is 15.8. The highest BCUT2D eigenvalue weighted by molar-refractivity contribution is 9.10. The third-order valence-corrected chi connectivity index (χ3v) is 10.4. The fourth-order valence-corrected chi connectivity index (χ4v) is 8.87. The van der Waals surface area contributed by atoms with Crippen LogP contribution >= 0.6 is 31.9 Å². The van der Waals surface area contributed by atoms with Gasteiger partial charge in [-0.15, -0.1) is 0 Å². The first kappa shape index (κ1) is 24.6. The van der Waals surface area contributed by atoms with Crippen molar-refractivity contribution in [2.24, 2.45) is 17.3 Å². The molecule has 5 aliphatic rings. The quantitative estimate of drug-likeness (QED) is 0.321. The molecule has 36 heavy (non-hydrogen) atoms. The second kappa shape index (κ2) is 9.20. The molecular formula is C26H31Br2N5O3. The SMILES string of the molecule is O=C(CC12CC3CC(C1)CC(n1cc(Br)c([N+](=O)[O-])n1)(C3)C2)N1CCN(Cc2ccccc2Br)CC1. The molecule has 10 heteroatoms. The zero-order valence-electron chi connectivity index (χ0n) is 20.2. The first-order valence-electron chi connectivity index (χ1n) is 12.9. The third kappa shape index (κ3) is 4.43. The number of amides is 1. The van der Waals surface area contributed by atoms with Gasteiger partial charge in [-0.05, 0) is 88.3 Å². The van der Waals surface area contributed by atoms with Gasteiger partial charge in [-0.25, -0.2) is 0 Å². The van der Waals surface area contributed by atoms with E-state index < -0.39 is 4.92 Å². The van der Waals surface area contributed by atoms with Crippen LogP contribution in [0.2, 0.25) is 0 Å². The highest BCUT2D eigenvalue weighted by Crippen LogP contribution is 2.65. The van der Waals surface area contributed by atoms with E-state index in [2.05, 4.69) is 65.0 Å². The second-order valence-electron chi connectivity index (χ2n) is 11.6. The van der Waals surface area contributed by atoms with Gasteiger partial charge in [0, 0.05) is 43.6 Å². The minimum Gasteiger partial charge on any atom is -0.358 e. The lowest BCUT2D eigenvalue weighted by Crippen LogP contribution is -2.58. The molecule has 1 saturated heterocycles. The van der Waals surface area contributed by atoms with Gasteiger partial charge >= 0.3 is 5.82 Å². The van der Waals surface area contributed by atoms with Crippen molar-refractivity contribution < 1.29 is 9.72 Å². The summed E-state index contributed by atoms with van der Waals surface area (Å²) >= 11 is 6.99. The van der Waals surface area contributed by atoms with Gasteiger partial charge in [0.25, 0.3) is 0 Å². The van der Waals surface area contributed by atoms with Crippen molar-refractivity contribution >= 4 is 43.6 Å². The van der Waals surface area contributed by atoms with Gasteiger partial charge in [-0.3, -0.25) is 9.69 Å². The van der Waals surface area contributed by atoms with Gasteiger partial charge in [0.1, 0.15) is 4.47 Å². The molecule has 2 unspecified atom stereocenters. The molecule has 1 amide bonds. The third-order valence-electron chi connectivity index (χ3n) is 9.07. The maximum Gasteiger partial charge on any atom is 0.404 e. The number of halogens is 2. The molecule has 7 rings (SSSR count). The van der Waals surface area contributed by atoms with Gasteiger partial charge in [0.15, 0.2) is 0 Å². The molecule has 4 aliphatic carbocycles. The monoisotopic (exact) mass is 619 g/mol. The van der Waals surface area contributed by atoms with Crippen LogP contribution < -0.4 is 0 Å². The van der Waals surface area contributed by atoms with Crippen LogP contribution in [0.5, 0.6) is 0 Å². The fourth-order valence-electron chi connectivity index (χ4n) is 8.04. The molecule has 192 valence electrons. The lowest BCUT2D eigenvalue weighted by Gasteiger charge is -2.61. The molecule has 4 bridgehead atoms. The molecule has 4 saturated carbocycles. The van der Waals surface area contributed by atoms with Crippen molar-refractivity contribution in [3.63, 3.8) is 0 Å². The Bertz CT molecular complexity index is 1180. The normalized spacial score (nSPS) is 31.7. The minimum atomic E-state index is -0.420. The van der Waals surface area contributed by atoms with Crippen molar-refractivity contribution in [2.45, 2.75) is 57.0 Å². The maximum atomic E-state index is 13.6. The summed E-state index contributed by atoms with van der Waals surface area (Å²) in [4.78, 5) is 29.1. The van der Waals surface area contributed by atoms with Gasteiger partial charge in [-0.2, -0.15) is 4.68 Å². The first-order chi connectivity index (χ1) is 17.2. The lowest BCUT2D eigenvalue weighted by molar-refractivity contribution is -0.390. The predicted molar refractivity (Wildman–Crippen MR) is 142 cm³/mol. The van der Waals surface area contributed by atoms with E-state index in [1.54, 1.807) is 6.20 Å². The average molecular weight is 621 g/mol. The van der Waals surface area contributed by atoms with Crippen LogP contribution in [0.3, 0.4) is 0 Å². The summed E-state index contributed by atoms with van der Waals surface area (Å²) in [6, 6.07) is 8.33. The first-order valence-corrected chi connectivity index (χ1v) is 14.5. The van der Waals surface area contributed by atoms with Crippen LogP contribution in [0.1, 0.15) is 50.5 Å². The number of hydrogen-bond donors (Lipinski definition) is 0. The van der Waals surface area contributed by atoms with Crippen LogP contribution in [-0.2, 0) is 16.9 Å². The van der Waals surface area contributed by atoms with Crippen molar-refractivity contribution in [2.75, 3.05) is 26.2 Å². The van der Waals surface area contributed by atoms with E-state index in [9.17, 15) is 14.9 Å². The Morgan fingerprint density at radius 2 is 1.75 bits per heavy atom. The van der Waals surface area contributed by atoms with Gasteiger partial charge < -0.3 is 15.0 Å². The molecule has 2 heterocycles. The van der Waals surface area contributed by atoms with E-state index >= 15 is 0 Å². The fraction of sp³-hybridized carbons (Fsp3) is 0.615. The van der Waals surface area contributed by atoms with Crippen molar-refractivity contribution in [1.82, 2.24) is 19.6 Å². The molecule has 1 aliphatic heterocycles. The Labute approximate surface area is 227 Å². The molecule has 0 spiro atoms. The molecule has 2 aromatic rings. The zero-order valence-corrected chi connectivity index (χ0v) is 23.4. The van der Waals surface area contributed by atoms with Gasteiger partial charge in [0.05, 0.1) is 16.8 Å². The second-order valence-corrected chi connectivity index (χ2v) is 13.3. The number of aromatic nitrogens is 2. The Morgan fingerprint density at radius 1 is 1.06 bits per heavy atom. The molecule has 5 fully saturated rings. The Kier molecular flexibility index (Phi) is 6.28. The van der Waals surface area contributed by atoms with Crippen LogP contribution in [0.4, 0.5) is 5.82 Å². The number of rotatable bonds is 6. The van der Waals surface area contributed by atoms with E-state index in [4.69, 9.17) is 0 Å². The smallest absolute Gasteiger partial charge is 0.358 e. The number of piperazine rings is 1. The summed E-state index contributed by atoms with van der Waals surface area (Å²) in [5.41, 5.74) is 1.06. The molecule has 1 aromatic heterocycles. The van der Waals surface area contributed by atoms with Gasteiger partial charge in [-0.1, -0.05) is 34.1 Å². The van der Waals surface area contributed by atoms with Crippen molar-refractivity contribution in [3.8, 4) is 0 Å². The highest BCUT2D eigenvalue weighted by atomic mass is 79.9. The summed E-state index contributed by atoms with van der Waals surface area (Å²) < 4.78 is 3.45. The molecular weight excluding hydrogens is 590 g/mol. The Morgan fingerprint density at radius 3 is 2.39 bits per heavy atom. The number of benzene rings is 1. The lowest BCUT2D eigenvalue weighted by atomic mass is 9.46. The number of nitro groups is 1. The van der Waals surface area contributed by atoms with Crippen molar-refractivity contribution in [3.05, 3.63) is 55.1 Å². The van der Waals surface area contributed by atoms with E-state index in [1.807, 2.05) is 10.7 Å². The molecule has 0 N–H and O–H groups in total. The molecule has 1 aromatic carbocycles. The van der Waals surface area contributed by atoms with Gasteiger partial charge in [0.2, 0.25) is 5.91 Å². The number of nitrogens with zero attached hydrogens (tertiary/aromatic N) is 5. The summed E-state index contributed by atoms with van der Waals surface area (Å²) in [5.74, 6) is 1.31. The van der Waals surface area contributed by atoms with Crippen LogP contribution in [0.25, 0.3) is 0 Å². The Hall–Kier alpha value is -1.78. The van der Waals surface area contributed by atoms with Crippen molar-refractivity contribution in [1.29, 1.82) is 0 Å². The predicted octanol–water partition coefficient (Wildman–Crippen LogP) is 5.35. The molecule has 2 atom stereocenters. The summed E-state index contributed by atoms with van der Waals surface area (Å²) in [7, 11) is 0. The Balaban J connectivity index is 1.13. The minimum absolute atomic E-state index is 0.0135. The number of carbonyl (C=O) groups excluding carboxylic acids is 1. The largest absolute Gasteiger partial charge is 0.404 e. The summed E-state index contributed by atoms with van der Waals surface area (Å²) in [6.07, 6.45) is 8.73. The topological polar surface area (TPSA) is 84.5 Å². The highest BCUT2D eigenvalue weighted by Gasteiger charge is 2.60. The van der Waals surface area contributed by atoms with E-state index in [0.29, 0.717) is 22.7 Å². The van der Waals surface area contributed by atoms with E-state index in [1.165, 1.54) is 12.0 Å².